The average Bonchev–Trinajstić information content (AvgIpc) is 3.25. The van der Waals surface area contributed by atoms with E-state index in [1.54, 1.807) is 0 Å². The van der Waals surface area contributed by atoms with Crippen LogP contribution in [0, 0.1) is 5.92 Å². The quantitative estimate of drug-likeness (QED) is 0.253. The zero-order chi connectivity index (χ0) is 25.2. The van der Waals surface area contributed by atoms with Crippen LogP contribution in [-0.4, -0.2) is 72.4 Å². The van der Waals surface area contributed by atoms with Crippen LogP contribution in [0.1, 0.15) is 86.5 Å². The van der Waals surface area contributed by atoms with Crippen molar-refractivity contribution in [1.29, 1.82) is 0 Å². The number of hydrogen-bond donors (Lipinski definition) is 1. The van der Waals surface area contributed by atoms with Gasteiger partial charge in [-0.15, -0.1) is 0 Å². The van der Waals surface area contributed by atoms with Crippen LogP contribution < -0.4 is 0 Å². The van der Waals surface area contributed by atoms with Crippen molar-refractivity contribution < 1.29 is 28.8 Å². The maximum absolute atomic E-state index is 13.1. The monoisotopic (exact) mass is 588 g/mol. The summed E-state index contributed by atoms with van der Waals surface area (Å²) in [6, 6.07) is 0. The second-order valence-corrected chi connectivity index (χ2v) is 24.4. The van der Waals surface area contributed by atoms with Gasteiger partial charge in [0.1, 0.15) is 0 Å². The zero-order valence-corrected chi connectivity index (χ0v) is 25.4. The SMILES string of the molecule is CCC[CH2][Sn](/[CH]=C1\CO[C@@H]2[C@@H]3OC(C)(C)O[C@@]3(C)C[C@H](C(=O)OC)[C@]12O)([CH2]CCC)[CH2]CCC. The van der Waals surface area contributed by atoms with Crippen molar-refractivity contribution in [2.75, 3.05) is 13.7 Å². The third-order valence-electron chi connectivity index (χ3n) is 8.32. The Kier molecular flexibility index (Phi) is 9.26. The second kappa shape index (κ2) is 11.1. The van der Waals surface area contributed by atoms with E-state index in [4.69, 9.17) is 18.9 Å². The van der Waals surface area contributed by atoms with Crippen LogP contribution in [0.3, 0.4) is 0 Å². The molecule has 0 aromatic heterocycles. The normalized spacial score (nSPS) is 35.9. The summed E-state index contributed by atoms with van der Waals surface area (Å²) in [5.41, 5.74) is -1.21. The second-order valence-electron chi connectivity index (χ2n) is 11.5. The van der Waals surface area contributed by atoms with Gasteiger partial charge in [0.05, 0.1) is 0 Å². The molecule has 2 aliphatic heterocycles. The molecule has 0 radical (unpaired) electrons. The number of carbonyl (C=O) groups excluding carboxylic acids is 1. The van der Waals surface area contributed by atoms with Crippen molar-refractivity contribution in [2.24, 2.45) is 5.92 Å². The number of unbranched alkanes of at least 4 members (excludes halogenated alkanes) is 3. The molecule has 196 valence electrons. The van der Waals surface area contributed by atoms with Gasteiger partial charge in [-0.2, -0.15) is 0 Å². The fourth-order valence-corrected chi connectivity index (χ4v) is 22.1. The molecule has 1 N–H and O–H groups in total. The Balaban J connectivity index is 2.08. The molecule has 0 unspecified atom stereocenters. The summed E-state index contributed by atoms with van der Waals surface area (Å²) in [6.45, 7) is 12.9. The summed E-state index contributed by atoms with van der Waals surface area (Å²) >= 11 is -2.76. The van der Waals surface area contributed by atoms with Crippen molar-refractivity contribution in [2.45, 2.75) is 129 Å². The average molecular weight is 587 g/mol. The summed E-state index contributed by atoms with van der Waals surface area (Å²) in [5, 5.41) is 12.4. The summed E-state index contributed by atoms with van der Waals surface area (Å²) in [4.78, 5) is 13.1. The topological polar surface area (TPSA) is 74.2 Å². The Hall–Kier alpha value is -0.151. The van der Waals surface area contributed by atoms with Crippen LogP contribution >= 0.6 is 0 Å². The Morgan fingerprint density at radius 3 is 2.12 bits per heavy atom. The van der Waals surface area contributed by atoms with Gasteiger partial charge in [0.25, 0.3) is 0 Å². The molecule has 0 bridgehead atoms. The van der Waals surface area contributed by atoms with Crippen molar-refractivity contribution >= 4 is 24.3 Å². The minimum absolute atomic E-state index is 0.350. The molecule has 3 fully saturated rings. The molecule has 0 amide bonds. The third kappa shape index (κ3) is 5.41. The fraction of sp³-hybridized carbons (Fsp3) is 0.889. The van der Waals surface area contributed by atoms with Gasteiger partial charge in [-0.1, -0.05) is 0 Å². The molecule has 0 aromatic carbocycles. The van der Waals surface area contributed by atoms with E-state index in [0.717, 1.165) is 5.57 Å². The van der Waals surface area contributed by atoms with Crippen molar-refractivity contribution in [3.8, 4) is 0 Å². The van der Waals surface area contributed by atoms with E-state index in [0.29, 0.717) is 13.0 Å². The third-order valence-corrected chi connectivity index (χ3v) is 22.6. The Morgan fingerprint density at radius 2 is 1.62 bits per heavy atom. The molecule has 2 saturated heterocycles. The van der Waals surface area contributed by atoms with Crippen LogP contribution in [0.4, 0.5) is 0 Å². The maximum atomic E-state index is 13.1. The molecule has 3 rings (SSSR count). The number of hydrogen-bond acceptors (Lipinski definition) is 6. The van der Waals surface area contributed by atoms with E-state index in [9.17, 15) is 9.90 Å². The van der Waals surface area contributed by atoms with Gasteiger partial charge >= 0.3 is 211 Å². The molecule has 0 aromatic rings. The van der Waals surface area contributed by atoms with Crippen LogP contribution in [0.25, 0.3) is 0 Å². The molecule has 1 aliphatic carbocycles. The first-order chi connectivity index (χ1) is 16.0. The van der Waals surface area contributed by atoms with Crippen molar-refractivity contribution in [3.05, 3.63) is 9.67 Å². The van der Waals surface area contributed by atoms with E-state index < -0.39 is 59.5 Å². The molecule has 0 spiro atoms. The first-order valence-corrected chi connectivity index (χ1v) is 21.2. The van der Waals surface area contributed by atoms with Gasteiger partial charge in [0.15, 0.2) is 0 Å². The molecule has 34 heavy (non-hydrogen) atoms. The zero-order valence-electron chi connectivity index (χ0n) is 22.6. The Morgan fingerprint density at radius 1 is 1.06 bits per heavy atom. The molecule has 2 heterocycles. The van der Waals surface area contributed by atoms with Gasteiger partial charge < -0.3 is 0 Å². The Bertz CT molecular complexity index is 730. The van der Waals surface area contributed by atoms with Crippen LogP contribution in [-0.2, 0) is 23.7 Å². The molecule has 3 aliphatic rings. The number of fused-ring (bicyclic) bond motifs is 3. The fourth-order valence-electron chi connectivity index (χ4n) is 6.63. The summed E-state index contributed by atoms with van der Waals surface area (Å²) in [6.07, 6.45) is 6.55. The van der Waals surface area contributed by atoms with Gasteiger partial charge in [0.2, 0.25) is 0 Å². The van der Waals surface area contributed by atoms with E-state index in [2.05, 4.69) is 24.9 Å². The van der Waals surface area contributed by atoms with Crippen LogP contribution in [0.2, 0.25) is 13.3 Å². The number of methoxy groups -OCH3 is 1. The number of esters is 1. The summed E-state index contributed by atoms with van der Waals surface area (Å²) in [5.74, 6) is -1.93. The summed E-state index contributed by atoms with van der Waals surface area (Å²) in [7, 11) is 1.40. The van der Waals surface area contributed by atoms with Crippen molar-refractivity contribution in [1.82, 2.24) is 0 Å². The van der Waals surface area contributed by atoms with E-state index >= 15 is 0 Å². The molecule has 7 heteroatoms. The number of carbonyl (C=O) groups is 1. The molecular weight excluding hydrogens is 539 g/mol. The van der Waals surface area contributed by atoms with Crippen molar-refractivity contribution in [3.63, 3.8) is 0 Å². The standard InChI is InChI=1S/C15H21O6.3C4H9.Sn/c1-8-7-19-11-10-14(4,21-13(2,3)20-10)6-9(12(16)18-5)15(8,11)17;3*1-3-4-2;/h1,9-11,17H,6-7H2,2-5H3;3*1,3-4H2,2H3;/t9-,10+,11-,14+,15-;;;;/m1..../s1. The van der Waals surface area contributed by atoms with E-state index in [1.165, 1.54) is 58.9 Å². The molecular formula is C27H48O6Sn. The summed E-state index contributed by atoms with van der Waals surface area (Å²) < 4.78 is 30.6. The molecule has 1 saturated carbocycles. The van der Waals surface area contributed by atoms with Gasteiger partial charge in [-0.05, 0) is 0 Å². The van der Waals surface area contributed by atoms with Gasteiger partial charge in [-0.25, -0.2) is 0 Å². The first kappa shape index (κ1) is 28.4. The van der Waals surface area contributed by atoms with Gasteiger partial charge in [0, 0.05) is 0 Å². The first-order valence-electron chi connectivity index (χ1n) is 13.5. The molecule has 6 nitrogen and oxygen atoms in total. The minimum atomic E-state index is -2.76. The van der Waals surface area contributed by atoms with E-state index in [1.807, 2.05) is 20.8 Å². The number of ether oxygens (including phenoxy) is 4. The predicted molar refractivity (Wildman–Crippen MR) is 136 cm³/mol. The van der Waals surface area contributed by atoms with E-state index in [-0.39, 0.29) is 0 Å². The number of aliphatic hydroxyl groups is 1. The predicted octanol–water partition coefficient (Wildman–Crippen LogP) is 5.53. The van der Waals surface area contributed by atoms with Crippen LogP contribution in [0.5, 0.6) is 0 Å². The number of rotatable bonds is 11. The molecule has 5 atom stereocenters. The van der Waals surface area contributed by atoms with Gasteiger partial charge in [-0.3, -0.25) is 0 Å². The Labute approximate surface area is 211 Å². The van der Waals surface area contributed by atoms with Crippen LogP contribution in [0.15, 0.2) is 9.67 Å².